The first-order chi connectivity index (χ1) is 13.7. The molecule has 0 aromatic rings. The summed E-state index contributed by atoms with van der Waals surface area (Å²) in [6.45, 7) is 2.90. The Hall–Kier alpha value is -1.45. The summed E-state index contributed by atoms with van der Waals surface area (Å²) in [5.41, 5.74) is 0. The third-order valence-corrected chi connectivity index (χ3v) is 3.94. The Morgan fingerprint density at radius 2 is 0.781 bits per heavy atom. The lowest BCUT2D eigenvalue weighted by Gasteiger charge is -2.42. The molecule has 0 aliphatic carbocycles. The zero-order valence-corrected chi connectivity index (χ0v) is 15.6. The molecule has 0 bridgehead atoms. The summed E-state index contributed by atoms with van der Waals surface area (Å²) < 4.78 is 221. The summed E-state index contributed by atoms with van der Waals surface area (Å²) in [6, 6.07) is 0. The fourth-order valence-corrected chi connectivity index (χ4v) is 1.92. The van der Waals surface area contributed by atoms with Crippen LogP contribution in [-0.2, 0) is 0 Å². The van der Waals surface area contributed by atoms with E-state index < -0.39 is 54.1 Å². The summed E-state index contributed by atoms with van der Waals surface area (Å²) in [6.07, 6.45) is -9.73. The number of rotatable bonds is 10. The van der Waals surface area contributed by atoms with Crippen molar-refractivity contribution >= 4 is 0 Å². The van der Waals surface area contributed by atoms with Crippen molar-refractivity contribution in [1.82, 2.24) is 0 Å². The van der Waals surface area contributed by atoms with Gasteiger partial charge in [0.05, 0.1) is 0 Å². The third-order valence-electron chi connectivity index (χ3n) is 3.94. The van der Waals surface area contributed by atoms with E-state index in [1.165, 1.54) is 13.8 Å². The first-order valence-corrected chi connectivity index (χ1v) is 8.03. The van der Waals surface area contributed by atoms with E-state index in [1.807, 2.05) is 0 Å². The van der Waals surface area contributed by atoms with Crippen LogP contribution in [-0.4, -0.2) is 47.6 Å². The fraction of sp³-hybridized carbons (Fsp3) is 0.867. The van der Waals surface area contributed by atoms with Crippen LogP contribution in [0.3, 0.4) is 0 Å². The maximum Gasteiger partial charge on any atom is 0.460 e. The lowest BCUT2D eigenvalue weighted by molar-refractivity contribution is -0.461. The van der Waals surface area contributed by atoms with Crippen LogP contribution >= 0.6 is 0 Å². The predicted molar refractivity (Wildman–Crippen MR) is 73.9 cm³/mol. The van der Waals surface area contributed by atoms with E-state index in [2.05, 4.69) is 0 Å². The Morgan fingerprint density at radius 3 is 1.09 bits per heavy atom. The highest BCUT2D eigenvalue weighted by molar-refractivity contribution is 5.15. The monoisotopic (exact) mass is 516 g/mol. The number of hydrogen-bond acceptors (Lipinski definition) is 0. The second-order valence-electron chi connectivity index (χ2n) is 6.95. The molecule has 0 nitrogen and oxygen atoms in total. The van der Waals surface area contributed by atoms with Crippen molar-refractivity contribution in [3.05, 3.63) is 12.2 Å². The Balaban J connectivity index is 6.44. The van der Waals surface area contributed by atoms with Gasteiger partial charge >= 0.3 is 47.6 Å². The maximum absolute atomic E-state index is 13.5. The van der Waals surface area contributed by atoms with Gasteiger partial charge in [-0.05, 0) is 12.3 Å². The lowest BCUT2D eigenvalue weighted by Crippen LogP contribution is -2.74. The van der Waals surface area contributed by atoms with Crippen molar-refractivity contribution in [2.24, 2.45) is 5.92 Å². The van der Waals surface area contributed by atoms with E-state index >= 15 is 0 Å². The minimum atomic E-state index is -8.59. The first-order valence-electron chi connectivity index (χ1n) is 8.03. The van der Waals surface area contributed by atoms with Crippen molar-refractivity contribution in [3.63, 3.8) is 0 Å². The van der Waals surface area contributed by atoms with Gasteiger partial charge in [0.1, 0.15) is 0 Å². The van der Waals surface area contributed by atoms with Crippen LogP contribution in [0.1, 0.15) is 26.7 Å². The molecular formula is C15H13F17. The average Bonchev–Trinajstić information content (AvgIpc) is 2.56. The Bertz CT molecular complexity index is 668. The van der Waals surface area contributed by atoms with Crippen LogP contribution < -0.4 is 0 Å². The molecule has 0 unspecified atom stereocenters. The Kier molecular flexibility index (Phi) is 8.02. The summed E-state index contributed by atoms with van der Waals surface area (Å²) >= 11 is 0. The molecule has 0 aromatic carbocycles. The molecule has 0 aliphatic heterocycles. The van der Waals surface area contributed by atoms with E-state index in [0.717, 1.165) is 0 Å². The van der Waals surface area contributed by atoms with Crippen LogP contribution in [0, 0.1) is 5.92 Å². The van der Waals surface area contributed by atoms with Gasteiger partial charge in [-0.25, -0.2) is 0 Å². The largest absolute Gasteiger partial charge is 0.460 e. The van der Waals surface area contributed by atoms with Gasteiger partial charge < -0.3 is 0 Å². The summed E-state index contributed by atoms with van der Waals surface area (Å²) in [7, 11) is 0. The van der Waals surface area contributed by atoms with Crippen molar-refractivity contribution in [3.8, 4) is 0 Å². The van der Waals surface area contributed by atoms with E-state index in [4.69, 9.17) is 0 Å². The highest BCUT2D eigenvalue weighted by atomic mass is 19.4. The van der Waals surface area contributed by atoms with Crippen LogP contribution in [0.25, 0.3) is 0 Å². The van der Waals surface area contributed by atoms with Crippen LogP contribution in [0.15, 0.2) is 12.2 Å². The molecule has 0 rings (SSSR count). The van der Waals surface area contributed by atoms with Gasteiger partial charge in [-0.2, -0.15) is 74.6 Å². The van der Waals surface area contributed by atoms with E-state index in [9.17, 15) is 74.6 Å². The highest BCUT2D eigenvalue weighted by Gasteiger charge is 2.95. The smallest absolute Gasteiger partial charge is 0.199 e. The predicted octanol–water partition coefficient (Wildman–Crippen LogP) is 7.99. The maximum atomic E-state index is 13.5. The third kappa shape index (κ3) is 4.48. The molecule has 0 N–H and O–H groups in total. The van der Waals surface area contributed by atoms with Crippen molar-refractivity contribution in [2.45, 2.75) is 74.3 Å². The molecule has 0 aliphatic rings. The van der Waals surface area contributed by atoms with Crippen molar-refractivity contribution in [1.29, 1.82) is 0 Å². The number of halogens is 17. The van der Waals surface area contributed by atoms with Gasteiger partial charge in [-0.3, -0.25) is 0 Å². The van der Waals surface area contributed by atoms with Crippen molar-refractivity contribution in [2.75, 3.05) is 0 Å². The molecule has 0 heterocycles. The molecule has 0 fully saturated rings. The molecule has 0 aromatic heterocycles. The molecule has 0 saturated heterocycles. The van der Waals surface area contributed by atoms with Gasteiger partial charge in [0, 0.05) is 6.42 Å². The minimum absolute atomic E-state index is 0.0344. The first kappa shape index (κ1) is 30.6. The summed E-state index contributed by atoms with van der Waals surface area (Å²) in [4.78, 5) is 0. The van der Waals surface area contributed by atoms with Gasteiger partial charge in [-0.1, -0.05) is 26.0 Å². The zero-order valence-electron chi connectivity index (χ0n) is 15.6. The minimum Gasteiger partial charge on any atom is -0.199 e. The molecule has 0 atom stereocenters. The van der Waals surface area contributed by atoms with Gasteiger partial charge in [0.2, 0.25) is 0 Å². The SMILES string of the molecule is CC(C)C/C=C/CC(F)(F)C(F)(F)C(F)(F)C(F)(F)C(F)(F)C(F)(F)C(F)(F)C(F)(F)F. The second-order valence-corrected chi connectivity index (χ2v) is 6.95. The number of hydrogen-bond donors (Lipinski definition) is 0. The van der Waals surface area contributed by atoms with Crippen molar-refractivity contribution < 1.29 is 74.6 Å². The second kappa shape index (κ2) is 8.40. The fourth-order valence-electron chi connectivity index (χ4n) is 1.92. The molecule has 32 heavy (non-hydrogen) atoms. The van der Waals surface area contributed by atoms with Crippen LogP contribution in [0.4, 0.5) is 74.6 Å². The number of allylic oxidation sites excluding steroid dienone is 2. The summed E-state index contributed by atoms with van der Waals surface area (Å²) in [5, 5.41) is 0. The zero-order chi connectivity index (χ0) is 26.4. The van der Waals surface area contributed by atoms with Crippen LogP contribution in [0.2, 0.25) is 0 Å². The Labute approximate surface area is 168 Å². The molecule has 0 saturated carbocycles. The molecule has 192 valence electrons. The molecular weight excluding hydrogens is 503 g/mol. The Morgan fingerprint density at radius 1 is 0.469 bits per heavy atom. The quantitative estimate of drug-likeness (QED) is 0.204. The molecule has 0 radical (unpaired) electrons. The average molecular weight is 516 g/mol. The summed E-state index contributed by atoms with van der Waals surface area (Å²) in [5.74, 6) is -56.2. The lowest BCUT2D eigenvalue weighted by atomic mass is 9.88. The van der Waals surface area contributed by atoms with Gasteiger partial charge in [-0.15, -0.1) is 0 Å². The van der Waals surface area contributed by atoms with E-state index in [1.54, 1.807) is 0 Å². The number of alkyl halides is 17. The standard InChI is InChI=1S/C15H13F17/c1-7(2)5-3-4-6-8(16,17)9(18,19)10(20,21)11(22,23)12(24,25)13(26,27)14(28,29)15(30,31)32/h3-4,7H,5-6H2,1-2H3/b4-3+. The van der Waals surface area contributed by atoms with E-state index in [-0.39, 0.29) is 18.4 Å². The van der Waals surface area contributed by atoms with E-state index in [0.29, 0.717) is 6.08 Å². The molecule has 0 amide bonds. The highest BCUT2D eigenvalue weighted by Crippen LogP contribution is 2.64. The van der Waals surface area contributed by atoms with Gasteiger partial charge in [0.15, 0.2) is 0 Å². The van der Waals surface area contributed by atoms with Crippen LogP contribution in [0.5, 0.6) is 0 Å². The van der Waals surface area contributed by atoms with Gasteiger partial charge in [0.25, 0.3) is 0 Å². The molecule has 17 heteroatoms. The topological polar surface area (TPSA) is 0 Å². The normalized spacial score (nSPS) is 16.4. The molecule has 0 spiro atoms.